The van der Waals surface area contributed by atoms with Crippen LogP contribution in [-0.4, -0.2) is 21.6 Å². The third-order valence-electron chi connectivity index (χ3n) is 3.50. The standard InChI is InChI=1S/C12H20N4O/c1-8-11(9(2)16-15-8)14-10(17)7-12(13)5-3-4-6-12/h3-7,13H2,1-2H3,(H,14,17)(H,15,16). The molecule has 1 saturated carbocycles. The number of nitrogens with one attached hydrogen (secondary N) is 2. The van der Waals surface area contributed by atoms with Crippen LogP contribution in [0.2, 0.25) is 0 Å². The highest BCUT2D eigenvalue weighted by Crippen LogP contribution is 2.30. The lowest BCUT2D eigenvalue weighted by atomic mass is 9.94. The lowest BCUT2D eigenvalue weighted by molar-refractivity contribution is -0.117. The third kappa shape index (κ3) is 2.66. The molecule has 0 saturated heterocycles. The molecular formula is C12H20N4O. The van der Waals surface area contributed by atoms with Crippen LogP contribution in [0, 0.1) is 13.8 Å². The Morgan fingerprint density at radius 3 is 2.65 bits per heavy atom. The predicted molar refractivity (Wildman–Crippen MR) is 66.7 cm³/mol. The summed E-state index contributed by atoms with van der Waals surface area (Å²) in [5.41, 5.74) is 8.37. The molecule has 4 N–H and O–H groups in total. The van der Waals surface area contributed by atoms with E-state index >= 15 is 0 Å². The van der Waals surface area contributed by atoms with Crippen molar-refractivity contribution in [3.63, 3.8) is 0 Å². The lowest BCUT2D eigenvalue weighted by Gasteiger charge is -2.22. The average Bonchev–Trinajstić information content (AvgIpc) is 2.79. The number of hydrogen-bond acceptors (Lipinski definition) is 3. The Morgan fingerprint density at radius 2 is 2.12 bits per heavy atom. The fourth-order valence-corrected chi connectivity index (χ4v) is 2.49. The minimum absolute atomic E-state index is 0.0120. The first kappa shape index (κ1) is 12.1. The molecule has 2 rings (SSSR count). The second kappa shape index (κ2) is 4.49. The van der Waals surface area contributed by atoms with Crippen molar-refractivity contribution in [2.45, 2.75) is 51.5 Å². The molecule has 94 valence electrons. The van der Waals surface area contributed by atoms with E-state index in [1.807, 2.05) is 13.8 Å². The van der Waals surface area contributed by atoms with E-state index in [1.165, 1.54) is 0 Å². The minimum Gasteiger partial charge on any atom is -0.325 e. The lowest BCUT2D eigenvalue weighted by Crippen LogP contribution is -2.40. The van der Waals surface area contributed by atoms with Gasteiger partial charge in [-0.3, -0.25) is 9.89 Å². The van der Waals surface area contributed by atoms with Gasteiger partial charge < -0.3 is 11.1 Å². The molecule has 1 amide bonds. The molecule has 1 aromatic heterocycles. The van der Waals surface area contributed by atoms with Crippen LogP contribution in [0.3, 0.4) is 0 Å². The van der Waals surface area contributed by atoms with E-state index < -0.39 is 0 Å². The number of carbonyl (C=O) groups excluding carboxylic acids is 1. The maximum absolute atomic E-state index is 11.9. The summed E-state index contributed by atoms with van der Waals surface area (Å²) in [7, 11) is 0. The smallest absolute Gasteiger partial charge is 0.226 e. The molecule has 0 unspecified atom stereocenters. The van der Waals surface area contributed by atoms with Gasteiger partial charge in [-0.05, 0) is 26.7 Å². The molecule has 5 heteroatoms. The largest absolute Gasteiger partial charge is 0.325 e. The second-order valence-corrected chi connectivity index (χ2v) is 5.10. The van der Waals surface area contributed by atoms with Crippen LogP contribution in [0.4, 0.5) is 5.69 Å². The Labute approximate surface area is 101 Å². The molecule has 0 atom stereocenters. The van der Waals surface area contributed by atoms with Crippen molar-refractivity contribution < 1.29 is 4.79 Å². The molecule has 0 aromatic carbocycles. The van der Waals surface area contributed by atoms with Crippen molar-refractivity contribution in [1.29, 1.82) is 0 Å². The van der Waals surface area contributed by atoms with E-state index in [2.05, 4.69) is 15.5 Å². The maximum Gasteiger partial charge on any atom is 0.226 e. The van der Waals surface area contributed by atoms with Crippen LogP contribution in [0.25, 0.3) is 0 Å². The molecule has 5 nitrogen and oxygen atoms in total. The van der Waals surface area contributed by atoms with Crippen molar-refractivity contribution in [2.24, 2.45) is 5.73 Å². The van der Waals surface area contributed by atoms with E-state index in [0.29, 0.717) is 6.42 Å². The predicted octanol–water partition coefficient (Wildman–Crippen LogP) is 1.63. The number of carbonyl (C=O) groups is 1. The summed E-state index contributed by atoms with van der Waals surface area (Å²) in [6.45, 7) is 3.76. The summed E-state index contributed by atoms with van der Waals surface area (Å²) in [5.74, 6) is -0.0120. The van der Waals surface area contributed by atoms with Gasteiger partial charge in [-0.15, -0.1) is 0 Å². The van der Waals surface area contributed by atoms with Crippen molar-refractivity contribution in [3.8, 4) is 0 Å². The van der Waals surface area contributed by atoms with Gasteiger partial charge in [0.1, 0.15) is 0 Å². The number of H-pyrrole nitrogens is 1. The van der Waals surface area contributed by atoms with Crippen LogP contribution in [0.1, 0.15) is 43.5 Å². The fourth-order valence-electron chi connectivity index (χ4n) is 2.49. The average molecular weight is 236 g/mol. The van der Waals surface area contributed by atoms with Crippen molar-refractivity contribution >= 4 is 11.6 Å². The molecule has 1 aromatic rings. The Hall–Kier alpha value is -1.36. The quantitative estimate of drug-likeness (QED) is 0.745. The molecule has 1 heterocycles. The van der Waals surface area contributed by atoms with Gasteiger partial charge in [-0.2, -0.15) is 5.10 Å². The van der Waals surface area contributed by atoms with E-state index in [4.69, 9.17) is 5.73 Å². The van der Waals surface area contributed by atoms with E-state index in [1.54, 1.807) is 0 Å². The molecule has 1 aliphatic rings. The second-order valence-electron chi connectivity index (χ2n) is 5.10. The van der Waals surface area contributed by atoms with Crippen molar-refractivity contribution in [3.05, 3.63) is 11.4 Å². The first-order valence-corrected chi connectivity index (χ1v) is 6.10. The van der Waals surface area contributed by atoms with Gasteiger partial charge in [0, 0.05) is 12.0 Å². The number of aromatic nitrogens is 2. The Morgan fingerprint density at radius 1 is 1.47 bits per heavy atom. The van der Waals surface area contributed by atoms with Gasteiger partial charge in [0.15, 0.2) is 0 Å². The first-order valence-electron chi connectivity index (χ1n) is 6.10. The number of anilines is 1. The molecule has 0 radical (unpaired) electrons. The van der Waals surface area contributed by atoms with Gasteiger partial charge in [0.05, 0.1) is 17.1 Å². The SMILES string of the molecule is Cc1n[nH]c(C)c1NC(=O)CC1(N)CCCC1. The summed E-state index contributed by atoms with van der Waals surface area (Å²) >= 11 is 0. The highest BCUT2D eigenvalue weighted by atomic mass is 16.1. The zero-order chi connectivity index (χ0) is 12.5. The molecule has 0 spiro atoms. The number of nitrogens with two attached hydrogens (primary N) is 1. The molecule has 0 bridgehead atoms. The van der Waals surface area contributed by atoms with Crippen LogP contribution < -0.4 is 11.1 Å². The Kier molecular flexibility index (Phi) is 3.19. The van der Waals surface area contributed by atoms with Gasteiger partial charge in [-0.1, -0.05) is 12.8 Å². The van der Waals surface area contributed by atoms with Crippen LogP contribution >= 0.6 is 0 Å². The number of nitrogens with zero attached hydrogens (tertiary/aromatic N) is 1. The highest BCUT2D eigenvalue weighted by Gasteiger charge is 2.31. The highest BCUT2D eigenvalue weighted by molar-refractivity contribution is 5.92. The summed E-state index contributed by atoms with van der Waals surface area (Å²) < 4.78 is 0. The summed E-state index contributed by atoms with van der Waals surface area (Å²) in [5, 5.41) is 9.79. The number of amides is 1. The maximum atomic E-state index is 11.9. The molecule has 0 aliphatic heterocycles. The Bertz CT molecular complexity index is 399. The summed E-state index contributed by atoms with van der Waals surface area (Å²) in [6, 6.07) is 0. The van der Waals surface area contributed by atoms with Crippen LogP contribution in [-0.2, 0) is 4.79 Å². The topological polar surface area (TPSA) is 83.8 Å². The van der Waals surface area contributed by atoms with Gasteiger partial charge >= 0.3 is 0 Å². The minimum atomic E-state index is -0.296. The first-order chi connectivity index (χ1) is 8.00. The summed E-state index contributed by atoms with van der Waals surface area (Å²) in [4.78, 5) is 11.9. The third-order valence-corrected chi connectivity index (χ3v) is 3.50. The van der Waals surface area contributed by atoms with Crippen LogP contribution in [0.5, 0.6) is 0 Å². The van der Waals surface area contributed by atoms with Crippen LogP contribution in [0.15, 0.2) is 0 Å². The molecule has 1 aliphatic carbocycles. The zero-order valence-electron chi connectivity index (χ0n) is 10.5. The van der Waals surface area contributed by atoms with E-state index in [9.17, 15) is 4.79 Å². The monoisotopic (exact) mass is 236 g/mol. The molecule has 1 fully saturated rings. The summed E-state index contributed by atoms with van der Waals surface area (Å²) in [6.07, 6.45) is 4.56. The molecule has 17 heavy (non-hydrogen) atoms. The fraction of sp³-hybridized carbons (Fsp3) is 0.667. The Balaban J connectivity index is 1.98. The van der Waals surface area contributed by atoms with E-state index in [-0.39, 0.29) is 11.4 Å². The van der Waals surface area contributed by atoms with E-state index in [0.717, 1.165) is 42.8 Å². The number of aromatic amines is 1. The number of rotatable bonds is 3. The zero-order valence-corrected chi connectivity index (χ0v) is 10.5. The van der Waals surface area contributed by atoms with Gasteiger partial charge in [0.25, 0.3) is 0 Å². The van der Waals surface area contributed by atoms with Crippen molar-refractivity contribution in [2.75, 3.05) is 5.32 Å². The normalized spacial score (nSPS) is 18.3. The van der Waals surface area contributed by atoms with Crippen molar-refractivity contribution in [1.82, 2.24) is 10.2 Å². The van der Waals surface area contributed by atoms with Gasteiger partial charge in [-0.25, -0.2) is 0 Å². The number of aryl methyl sites for hydroxylation is 2. The van der Waals surface area contributed by atoms with Gasteiger partial charge in [0.2, 0.25) is 5.91 Å². The number of hydrogen-bond donors (Lipinski definition) is 3. The molecular weight excluding hydrogens is 216 g/mol.